The Kier molecular flexibility index (Phi) is 3.58. The van der Waals surface area contributed by atoms with Gasteiger partial charge in [0.25, 0.3) is 0 Å². The number of nitrogen functional groups attached to an aromatic ring is 1. The second kappa shape index (κ2) is 5.14. The minimum atomic E-state index is -0.243. The molecule has 0 spiro atoms. The first-order valence-corrected chi connectivity index (χ1v) is 6.05. The van der Waals surface area contributed by atoms with Crippen LogP contribution in [0.4, 0.5) is 10.2 Å². The predicted octanol–water partition coefficient (Wildman–Crippen LogP) is 2.91. The molecule has 2 aromatic rings. The second-order valence-corrected chi connectivity index (χ2v) is 4.51. The maximum absolute atomic E-state index is 12.8. The molecule has 1 aromatic carbocycles. The van der Waals surface area contributed by atoms with Crippen molar-refractivity contribution in [3.05, 3.63) is 42.0 Å². The van der Waals surface area contributed by atoms with Crippen LogP contribution in [0.2, 0.25) is 0 Å². The molecule has 0 aliphatic carbocycles. The summed E-state index contributed by atoms with van der Waals surface area (Å²) in [6, 6.07) is 6.30. The fraction of sp³-hybridized carbons (Fsp3) is 0.167. The second-order valence-electron chi connectivity index (χ2n) is 3.45. The highest BCUT2D eigenvalue weighted by Crippen LogP contribution is 2.30. The van der Waals surface area contributed by atoms with E-state index in [0.29, 0.717) is 5.82 Å². The van der Waals surface area contributed by atoms with Crippen molar-refractivity contribution in [2.45, 2.75) is 23.3 Å². The van der Waals surface area contributed by atoms with Gasteiger partial charge in [-0.2, -0.15) is 0 Å². The van der Waals surface area contributed by atoms with Crippen LogP contribution in [0.15, 0.2) is 40.5 Å². The molecular weight excluding hydrogens is 237 g/mol. The van der Waals surface area contributed by atoms with Gasteiger partial charge in [0.1, 0.15) is 23.0 Å². The molecule has 0 atom stereocenters. The molecule has 0 bridgehead atoms. The maximum atomic E-state index is 12.8. The molecule has 2 N–H and O–H groups in total. The van der Waals surface area contributed by atoms with Crippen LogP contribution in [0, 0.1) is 5.82 Å². The van der Waals surface area contributed by atoms with Gasteiger partial charge in [-0.3, -0.25) is 0 Å². The normalized spacial score (nSPS) is 10.5. The highest BCUT2D eigenvalue weighted by molar-refractivity contribution is 7.99. The molecule has 0 saturated heterocycles. The number of rotatable bonds is 3. The Morgan fingerprint density at radius 1 is 1.24 bits per heavy atom. The van der Waals surface area contributed by atoms with Crippen molar-refractivity contribution >= 4 is 17.6 Å². The van der Waals surface area contributed by atoms with Gasteiger partial charge in [0.2, 0.25) is 0 Å². The van der Waals surface area contributed by atoms with Gasteiger partial charge in [0.15, 0.2) is 0 Å². The van der Waals surface area contributed by atoms with Crippen molar-refractivity contribution in [2.75, 3.05) is 5.73 Å². The summed E-state index contributed by atoms with van der Waals surface area (Å²) in [4.78, 5) is 9.10. The third kappa shape index (κ3) is 2.74. The molecule has 0 saturated carbocycles. The zero-order chi connectivity index (χ0) is 12.3. The molecule has 17 heavy (non-hydrogen) atoms. The third-order valence-corrected chi connectivity index (χ3v) is 3.37. The molecule has 0 amide bonds. The van der Waals surface area contributed by atoms with E-state index in [1.807, 2.05) is 6.92 Å². The van der Waals surface area contributed by atoms with Crippen LogP contribution in [0.5, 0.6) is 0 Å². The van der Waals surface area contributed by atoms with Crippen LogP contribution in [0.25, 0.3) is 0 Å². The topological polar surface area (TPSA) is 51.8 Å². The highest BCUT2D eigenvalue weighted by Gasteiger charge is 2.08. The summed E-state index contributed by atoms with van der Waals surface area (Å²) in [5.41, 5.74) is 6.72. The van der Waals surface area contributed by atoms with Crippen molar-refractivity contribution in [2.24, 2.45) is 0 Å². The fourth-order valence-corrected chi connectivity index (χ4v) is 2.41. The number of aromatic nitrogens is 2. The van der Waals surface area contributed by atoms with Gasteiger partial charge in [-0.25, -0.2) is 14.4 Å². The quantitative estimate of drug-likeness (QED) is 0.850. The van der Waals surface area contributed by atoms with Crippen LogP contribution in [0.3, 0.4) is 0 Å². The molecule has 0 aliphatic heterocycles. The lowest BCUT2D eigenvalue weighted by molar-refractivity contribution is 0.626. The minimum absolute atomic E-state index is 0.243. The summed E-state index contributed by atoms with van der Waals surface area (Å²) in [5.74, 6) is 0.263. The third-order valence-electron chi connectivity index (χ3n) is 2.32. The van der Waals surface area contributed by atoms with Crippen LogP contribution >= 0.6 is 11.8 Å². The zero-order valence-corrected chi connectivity index (χ0v) is 10.2. The van der Waals surface area contributed by atoms with Crippen LogP contribution in [-0.4, -0.2) is 9.97 Å². The summed E-state index contributed by atoms with van der Waals surface area (Å²) in [7, 11) is 0. The van der Waals surface area contributed by atoms with E-state index in [4.69, 9.17) is 5.73 Å². The molecule has 2 rings (SSSR count). The highest BCUT2D eigenvalue weighted by atomic mass is 32.2. The number of anilines is 1. The number of nitrogens with two attached hydrogens (primary N) is 1. The van der Waals surface area contributed by atoms with Gasteiger partial charge < -0.3 is 5.73 Å². The first-order valence-electron chi connectivity index (χ1n) is 5.23. The van der Waals surface area contributed by atoms with E-state index in [9.17, 15) is 4.39 Å². The number of nitrogens with zero attached hydrogens (tertiary/aromatic N) is 2. The Balaban J connectivity index is 2.29. The maximum Gasteiger partial charge on any atom is 0.131 e. The van der Waals surface area contributed by atoms with E-state index < -0.39 is 0 Å². The van der Waals surface area contributed by atoms with Crippen molar-refractivity contribution in [1.82, 2.24) is 9.97 Å². The first-order chi connectivity index (χ1) is 8.20. The fourth-order valence-electron chi connectivity index (χ4n) is 1.44. The van der Waals surface area contributed by atoms with Gasteiger partial charge in [-0.05, 0) is 30.7 Å². The van der Waals surface area contributed by atoms with Gasteiger partial charge in [-0.15, -0.1) is 0 Å². The van der Waals surface area contributed by atoms with Crippen molar-refractivity contribution in [3.63, 3.8) is 0 Å². The lowest BCUT2D eigenvalue weighted by atomic mass is 10.2. The molecule has 0 radical (unpaired) electrons. The zero-order valence-electron chi connectivity index (χ0n) is 9.35. The summed E-state index contributed by atoms with van der Waals surface area (Å²) >= 11 is 1.46. The number of benzene rings is 1. The molecule has 0 fully saturated rings. The monoisotopic (exact) mass is 249 g/mol. The van der Waals surface area contributed by atoms with Crippen molar-refractivity contribution in [1.29, 1.82) is 0 Å². The lowest BCUT2D eigenvalue weighted by Crippen LogP contribution is -2.00. The minimum Gasteiger partial charge on any atom is -0.383 e. The molecule has 0 aliphatic rings. The van der Waals surface area contributed by atoms with E-state index >= 15 is 0 Å². The Morgan fingerprint density at radius 2 is 1.94 bits per heavy atom. The number of hydrogen-bond donors (Lipinski definition) is 1. The van der Waals surface area contributed by atoms with Gasteiger partial charge in [-0.1, -0.05) is 18.7 Å². The molecule has 5 heteroatoms. The van der Waals surface area contributed by atoms with Gasteiger partial charge in [0, 0.05) is 10.5 Å². The van der Waals surface area contributed by atoms with Gasteiger partial charge in [0.05, 0.1) is 0 Å². The molecular formula is C12H12FN3S. The molecule has 1 heterocycles. The number of halogens is 1. The van der Waals surface area contributed by atoms with Crippen molar-refractivity contribution in [3.8, 4) is 0 Å². The van der Waals surface area contributed by atoms with Crippen LogP contribution in [-0.2, 0) is 6.42 Å². The average molecular weight is 249 g/mol. The standard InChI is InChI=1S/C12H12FN3S/c1-2-10-11(14)15-7-16-12(10)17-9-5-3-8(13)4-6-9/h3-7H,2H2,1H3,(H2,14,15,16). The largest absolute Gasteiger partial charge is 0.383 e. The Bertz CT molecular complexity index is 514. The first kappa shape index (κ1) is 11.9. The van der Waals surface area contributed by atoms with E-state index in [1.54, 1.807) is 12.1 Å². The van der Waals surface area contributed by atoms with E-state index in [-0.39, 0.29) is 5.82 Å². The summed E-state index contributed by atoms with van der Waals surface area (Å²) in [6.07, 6.45) is 2.22. The smallest absolute Gasteiger partial charge is 0.131 e. The van der Waals surface area contributed by atoms with Crippen LogP contribution in [0.1, 0.15) is 12.5 Å². The summed E-state index contributed by atoms with van der Waals surface area (Å²) < 4.78 is 12.8. The van der Waals surface area contributed by atoms with Gasteiger partial charge >= 0.3 is 0 Å². The Morgan fingerprint density at radius 3 is 2.59 bits per heavy atom. The SMILES string of the molecule is CCc1c(N)ncnc1Sc1ccc(F)cc1. The van der Waals surface area contributed by atoms with E-state index in [0.717, 1.165) is 21.9 Å². The van der Waals surface area contributed by atoms with E-state index in [2.05, 4.69) is 9.97 Å². The van der Waals surface area contributed by atoms with Crippen LogP contribution < -0.4 is 5.73 Å². The van der Waals surface area contributed by atoms with E-state index in [1.165, 1.54) is 30.2 Å². The summed E-state index contributed by atoms with van der Waals surface area (Å²) in [5, 5.41) is 0.826. The Labute approximate surface area is 103 Å². The lowest BCUT2D eigenvalue weighted by Gasteiger charge is -2.07. The summed E-state index contributed by atoms with van der Waals surface area (Å²) in [6.45, 7) is 2.00. The van der Waals surface area contributed by atoms with Crippen molar-refractivity contribution < 1.29 is 4.39 Å². The molecule has 1 aromatic heterocycles. The predicted molar refractivity (Wildman–Crippen MR) is 66.3 cm³/mol. The molecule has 3 nitrogen and oxygen atoms in total. The average Bonchev–Trinajstić information content (AvgIpc) is 2.32. The number of hydrogen-bond acceptors (Lipinski definition) is 4. The molecule has 88 valence electrons. The Hall–Kier alpha value is -1.62. The molecule has 0 unspecified atom stereocenters.